The first-order valence-corrected chi connectivity index (χ1v) is 21.7. The number of nitrogens with one attached hydrogen (secondary N) is 1. The summed E-state index contributed by atoms with van der Waals surface area (Å²) in [6.07, 6.45) is 0. The van der Waals surface area contributed by atoms with E-state index in [0.717, 1.165) is 88.6 Å². The number of benzene rings is 10. The summed E-state index contributed by atoms with van der Waals surface area (Å²) in [5.41, 5.74) is 14.2. The Balaban J connectivity index is 1.18. The lowest BCUT2D eigenvalue weighted by molar-refractivity contribution is 0.670. The van der Waals surface area contributed by atoms with Crippen molar-refractivity contribution in [3.05, 3.63) is 194 Å². The summed E-state index contributed by atoms with van der Waals surface area (Å²) in [5.74, 6) is 0.669. The minimum Gasteiger partial charge on any atom is -0.455 e. The highest BCUT2D eigenvalue weighted by Crippen LogP contribution is 2.49. The van der Waals surface area contributed by atoms with Crippen molar-refractivity contribution in [2.24, 2.45) is 0 Å². The van der Waals surface area contributed by atoms with E-state index in [1.807, 2.05) is 30.3 Å². The number of H-pyrrole nitrogens is 1. The zero-order valence-corrected chi connectivity index (χ0v) is 34.2. The highest BCUT2D eigenvalue weighted by atomic mass is 16.3. The van der Waals surface area contributed by atoms with Gasteiger partial charge in [-0.05, 0) is 66.0 Å². The molecule has 0 aliphatic rings. The molecule has 0 aliphatic heterocycles. The van der Waals surface area contributed by atoms with Crippen LogP contribution in [0.3, 0.4) is 0 Å². The normalized spacial score (nSPS) is 12.4. The fraction of sp³-hybridized carbons (Fsp3) is 0. The van der Waals surface area contributed by atoms with Crippen LogP contribution in [0.1, 0.15) is 0 Å². The predicted octanol–water partition coefficient (Wildman–Crippen LogP) is 15.3. The molecule has 0 amide bonds. The van der Waals surface area contributed by atoms with E-state index in [-0.39, 0.29) is 0 Å². The molecule has 6 nitrogen and oxygen atoms in total. The van der Waals surface area contributed by atoms with Gasteiger partial charge in [-0.15, -0.1) is 0 Å². The lowest BCUT2D eigenvalue weighted by Gasteiger charge is -2.15. The molecule has 0 spiro atoms. The molecule has 0 radical (unpaired) electrons. The third kappa shape index (κ3) is 4.48. The quantitative estimate of drug-likeness (QED) is 0.180. The van der Waals surface area contributed by atoms with Crippen molar-refractivity contribution >= 4 is 109 Å². The Hall–Kier alpha value is -8.74. The number of aromatic amines is 1. The Morgan fingerprint density at radius 1 is 0.438 bits per heavy atom. The van der Waals surface area contributed by atoms with Crippen LogP contribution in [0.15, 0.2) is 199 Å². The molecule has 0 atom stereocenters. The Bertz CT molecular complexity index is 4420. The summed E-state index contributed by atoms with van der Waals surface area (Å²) in [6.45, 7) is 0. The number of fused-ring (bicyclic) bond motifs is 12. The standard InChI is InChI=1S/C58H33N5O/c1-3-15-33(16-4-1)58-60-47-24-12-8-22-40(47)53(61-58)45-31-36(30-44-39-21-10-14-26-50(39)64-57(44)45)63-49-32-42-37-19-7-11-23-46(37)59-54(42)41-28-27-34-29-43-38-20-9-13-25-48(38)62(35-17-5-2-6-18-35)55(43)56(63)51(34)52(41)49/h1-32,59H. The largest absolute Gasteiger partial charge is 0.455 e. The second-order valence-electron chi connectivity index (χ2n) is 17.0. The number of nitrogens with zero attached hydrogens (tertiary/aromatic N) is 4. The SMILES string of the molecule is c1ccc(-c2nc(-c3cc(-n4c5cc6c7ccccc7[nH]c6c6ccc7cc8c9ccccc9n(-c9ccccc9)c8c4c7c65)cc4c3oc3ccccc34)c3ccccc3n2)cc1. The van der Waals surface area contributed by atoms with Crippen molar-refractivity contribution < 1.29 is 4.42 Å². The van der Waals surface area contributed by atoms with Gasteiger partial charge in [-0.1, -0.05) is 133 Å². The van der Waals surface area contributed by atoms with Gasteiger partial charge in [-0.25, -0.2) is 9.97 Å². The molecule has 6 heteroatoms. The molecule has 64 heavy (non-hydrogen) atoms. The van der Waals surface area contributed by atoms with Gasteiger partial charge in [0.2, 0.25) is 0 Å². The second kappa shape index (κ2) is 12.4. The highest BCUT2D eigenvalue weighted by Gasteiger charge is 2.28. The summed E-state index contributed by atoms with van der Waals surface area (Å²) in [4.78, 5) is 14.4. The molecule has 0 saturated heterocycles. The average Bonchev–Trinajstić information content (AvgIpc) is 4.11. The Morgan fingerprint density at radius 3 is 2.03 bits per heavy atom. The predicted molar refractivity (Wildman–Crippen MR) is 264 cm³/mol. The molecule has 10 aromatic carbocycles. The van der Waals surface area contributed by atoms with E-state index in [1.54, 1.807) is 0 Å². The van der Waals surface area contributed by atoms with E-state index >= 15 is 0 Å². The van der Waals surface area contributed by atoms with E-state index in [4.69, 9.17) is 14.4 Å². The van der Waals surface area contributed by atoms with Gasteiger partial charge in [0.25, 0.3) is 0 Å². The molecule has 0 fully saturated rings. The topological polar surface area (TPSA) is 64.6 Å². The molecule has 296 valence electrons. The van der Waals surface area contributed by atoms with E-state index in [2.05, 4.69) is 178 Å². The maximum atomic E-state index is 6.92. The van der Waals surface area contributed by atoms with Gasteiger partial charge in [0.15, 0.2) is 5.82 Å². The first kappa shape index (κ1) is 33.9. The van der Waals surface area contributed by atoms with Crippen molar-refractivity contribution in [2.45, 2.75) is 0 Å². The molecule has 0 saturated carbocycles. The van der Waals surface area contributed by atoms with Crippen molar-refractivity contribution in [1.82, 2.24) is 24.1 Å². The lowest BCUT2D eigenvalue weighted by Crippen LogP contribution is -2.00. The molecule has 5 aromatic heterocycles. The zero-order valence-electron chi connectivity index (χ0n) is 34.2. The number of hydrogen-bond donors (Lipinski definition) is 1. The Kier molecular flexibility index (Phi) is 6.59. The van der Waals surface area contributed by atoms with Crippen LogP contribution in [0.25, 0.3) is 143 Å². The number of hydrogen-bond acceptors (Lipinski definition) is 3. The fourth-order valence-corrected chi connectivity index (χ4v) is 10.9. The number of aromatic nitrogens is 5. The maximum absolute atomic E-state index is 6.92. The van der Waals surface area contributed by atoms with Crippen LogP contribution >= 0.6 is 0 Å². The molecule has 15 rings (SSSR count). The second-order valence-corrected chi connectivity index (χ2v) is 17.0. The van der Waals surface area contributed by atoms with Gasteiger partial charge in [-0.3, -0.25) is 0 Å². The zero-order chi connectivity index (χ0) is 41.6. The van der Waals surface area contributed by atoms with Crippen LogP contribution in [0.5, 0.6) is 0 Å². The molecular formula is C58H33N5O. The van der Waals surface area contributed by atoms with Gasteiger partial charge in [0.05, 0.1) is 38.8 Å². The van der Waals surface area contributed by atoms with E-state index in [1.165, 1.54) is 48.6 Å². The molecule has 0 unspecified atom stereocenters. The van der Waals surface area contributed by atoms with Crippen molar-refractivity contribution in [3.63, 3.8) is 0 Å². The van der Waals surface area contributed by atoms with Gasteiger partial charge >= 0.3 is 0 Å². The Labute approximate surface area is 364 Å². The summed E-state index contributed by atoms with van der Waals surface area (Å²) in [7, 11) is 0. The van der Waals surface area contributed by atoms with Gasteiger partial charge in [-0.2, -0.15) is 0 Å². The van der Waals surface area contributed by atoms with Crippen LogP contribution in [-0.2, 0) is 0 Å². The summed E-state index contributed by atoms with van der Waals surface area (Å²) in [5, 5.41) is 12.7. The maximum Gasteiger partial charge on any atom is 0.160 e. The molecule has 0 aliphatic carbocycles. The van der Waals surface area contributed by atoms with Crippen LogP contribution in [0.4, 0.5) is 0 Å². The summed E-state index contributed by atoms with van der Waals surface area (Å²) < 4.78 is 11.9. The minimum absolute atomic E-state index is 0.669. The number of para-hydroxylation sites is 5. The number of furan rings is 1. The van der Waals surface area contributed by atoms with Gasteiger partial charge < -0.3 is 18.5 Å². The lowest BCUT2D eigenvalue weighted by atomic mass is 9.98. The third-order valence-electron chi connectivity index (χ3n) is 13.6. The Morgan fingerprint density at radius 2 is 1.16 bits per heavy atom. The molecule has 0 bridgehead atoms. The van der Waals surface area contributed by atoms with Gasteiger partial charge in [0.1, 0.15) is 11.2 Å². The molecule has 15 aromatic rings. The highest BCUT2D eigenvalue weighted by molar-refractivity contribution is 6.36. The van der Waals surface area contributed by atoms with Crippen molar-refractivity contribution in [3.8, 4) is 34.0 Å². The smallest absolute Gasteiger partial charge is 0.160 e. The van der Waals surface area contributed by atoms with Crippen molar-refractivity contribution in [2.75, 3.05) is 0 Å². The minimum atomic E-state index is 0.669. The van der Waals surface area contributed by atoms with Crippen LogP contribution in [0, 0.1) is 0 Å². The molecule has 5 heterocycles. The monoisotopic (exact) mass is 815 g/mol. The first-order valence-electron chi connectivity index (χ1n) is 21.7. The average molecular weight is 816 g/mol. The molecular weight excluding hydrogens is 783 g/mol. The summed E-state index contributed by atoms with van der Waals surface area (Å²) in [6, 6.07) is 69.4. The van der Waals surface area contributed by atoms with Gasteiger partial charge in [0, 0.05) is 81.9 Å². The van der Waals surface area contributed by atoms with Crippen molar-refractivity contribution in [1.29, 1.82) is 0 Å². The van der Waals surface area contributed by atoms with Crippen LogP contribution in [-0.4, -0.2) is 24.1 Å². The van der Waals surface area contributed by atoms with E-state index in [0.29, 0.717) is 5.82 Å². The first-order chi connectivity index (χ1) is 31.7. The summed E-state index contributed by atoms with van der Waals surface area (Å²) >= 11 is 0. The van der Waals surface area contributed by atoms with E-state index < -0.39 is 0 Å². The molecule has 1 N–H and O–H groups in total. The van der Waals surface area contributed by atoms with Crippen LogP contribution < -0.4 is 0 Å². The van der Waals surface area contributed by atoms with E-state index in [9.17, 15) is 0 Å². The third-order valence-corrected chi connectivity index (χ3v) is 13.6. The number of rotatable bonds is 4. The fourth-order valence-electron chi connectivity index (χ4n) is 10.9. The van der Waals surface area contributed by atoms with Crippen LogP contribution in [0.2, 0.25) is 0 Å².